The van der Waals surface area contributed by atoms with E-state index >= 15 is 0 Å². The molecule has 25 heavy (non-hydrogen) atoms. The van der Waals surface area contributed by atoms with E-state index in [-0.39, 0.29) is 0 Å². The van der Waals surface area contributed by atoms with Crippen LogP contribution in [-0.2, 0) is 9.59 Å². The highest BCUT2D eigenvalue weighted by Crippen LogP contribution is 2.28. The Balaban J connectivity index is 2.01. The van der Waals surface area contributed by atoms with E-state index in [1.165, 1.54) is 26.5 Å². The van der Waals surface area contributed by atoms with E-state index in [4.69, 9.17) is 21.1 Å². The van der Waals surface area contributed by atoms with Crippen LogP contribution in [-0.4, -0.2) is 32.2 Å². The van der Waals surface area contributed by atoms with E-state index in [2.05, 4.69) is 15.8 Å². The number of nitrogens with one attached hydrogen (secondary N) is 2. The fourth-order valence-corrected chi connectivity index (χ4v) is 2.07. The van der Waals surface area contributed by atoms with Gasteiger partial charge in [0.2, 0.25) is 0 Å². The van der Waals surface area contributed by atoms with Gasteiger partial charge in [-0.1, -0.05) is 29.8 Å². The molecule has 130 valence electrons. The van der Waals surface area contributed by atoms with Crippen molar-refractivity contribution in [1.29, 1.82) is 0 Å². The van der Waals surface area contributed by atoms with Gasteiger partial charge in [-0.15, -0.1) is 0 Å². The van der Waals surface area contributed by atoms with Gasteiger partial charge in [0.15, 0.2) is 0 Å². The summed E-state index contributed by atoms with van der Waals surface area (Å²) in [6.07, 6.45) is 1.35. The molecule has 0 aromatic heterocycles. The summed E-state index contributed by atoms with van der Waals surface area (Å²) in [6, 6.07) is 11.8. The van der Waals surface area contributed by atoms with Gasteiger partial charge >= 0.3 is 11.8 Å². The standard InChI is InChI=1S/C17H16ClN3O4/c1-24-12-7-8-15(25-2)14(9-12)20-16(22)17(23)21-19-10-11-5-3-4-6-13(11)18/h3-10H,1-2H3,(H,20,22)(H,21,23)/b19-10-. The van der Waals surface area contributed by atoms with E-state index in [0.29, 0.717) is 27.8 Å². The molecule has 0 saturated heterocycles. The Morgan fingerprint density at radius 3 is 2.52 bits per heavy atom. The Morgan fingerprint density at radius 2 is 1.84 bits per heavy atom. The quantitative estimate of drug-likeness (QED) is 0.486. The number of amides is 2. The number of anilines is 1. The van der Waals surface area contributed by atoms with E-state index in [1.54, 1.807) is 36.4 Å². The number of hydrazone groups is 1. The minimum absolute atomic E-state index is 0.303. The summed E-state index contributed by atoms with van der Waals surface area (Å²) in [6.45, 7) is 0. The Bertz CT molecular complexity index is 808. The van der Waals surface area contributed by atoms with Crippen LogP contribution >= 0.6 is 11.6 Å². The van der Waals surface area contributed by atoms with Gasteiger partial charge in [0, 0.05) is 16.7 Å². The molecule has 0 bridgehead atoms. The van der Waals surface area contributed by atoms with Gasteiger partial charge in [-0.25, -0.2) is 5.43 Å². The van der Waals surface area contributed by atoms with E-state index < -0.39 is 11.8 Å². The number of ether oxygens (including phenoxy) is 2. The molecule has 0 radical (unpaired) electrons. The molecule has 0 aliphatic heterocycles. The minimum Gasteiger partial charge on any atom is -0.497 e. The highest BCUT2D eigenvalue weighted by atomic mass is 35.5. The maximum Gasteiger partial charge on any atom is 0.329 e. The van der Waals surface area contributed by atoms with Crippen molar-refractivity contribution in [3.63, 3.8) is 0 Å². The SMILES string of the molecule is COc1ccc(OC)c(NC(=O)C(=O)N/N=C\c2ccccc2Cl)c1. The predicted molar refractivity (Wildman–Crippen MR) is 95.4 cm³/mol. The van der Waals surface area contributed by atoms with Crippen LogP contribution in [0.25, 0.3) is 0 Å². The zero-order chi connectivity index (χ0) is 18.2. The number of methoxy groups -OCH3 is 2. The molecular formula is C17H16ClN3O4. The molecule has 0 aliphatic carbocycles. The van der Waals surface area contributed by atoms with E-state index in [0.717, 1.165) is 0 Å². The third kappa shape index (κ3) is 4.95. The highest BCUT2D eigenvalue weighted by Gasteiger charge is 2.16. The maximum atomic E-state index is 12.0. The van der Waals surface area contributed by atoms with Gasteiger partial charge in [0.1, 0.15) is 11.5 Å². The third-order valence-corrected chi connectivity index (χ3v) is 3.48. The lowest BCUT2D eigenvalue weighted by Gasteiger charge is -2.11. The summed E-state index contributed by atoms with van der Waals surface area (Å²) in [5, 5.41) is 6.63. The van der Waals surface area contributed by atoms with Crippen molar-refractivity contribution in [3.8, 4) is 11.5 Å². The van der Waals surface area contributed by atoms with Crippen LogP contribution in [0.3, 0.4) is 0 Å². The Morgan fingerprint density at radius 1 is 1.08 bits per heavy atom. The van der Waals surface area contributed by atoms with Gasteiger partial charge in [-0.05, 0) is 18.2 Å². The molecule has 0 unspecified atom stereocenters. The van der Waals surface area contributed by atoms with Crippen LogP contribution in [0.1, 0.15) is 5.56 Å². The molecule has 2 rings (SSSR count). The van der Waals surface area contributed by atoms with Crippen LogP contribution in [0.5, 0.6) is 11.5 Å². The smallest absolute Gasteiger partial charge is 0.329 e. The zero-order valence-corrected chi connectivity index (χ0v) is 14.3. The number of rotatable bonds is 5. The molecule has 0 aliphatic rings. The van der Waals surface area contributed by atoms with Crippen molar-refractivity contribution >= 4 is 35.3 Å². The number of hydrogen-bond acceptors (Lipinski definition) is 5. The summed E-state index contributed by atoms with van der Waals surface area (Å²) in [7, 11) is 2.94. The lowest BCUT2D eigenvalue weighted by Crippen LogP contribution is -2.32. The van der Waals surface area contributed by atoms with Gasteiger partial charge in [-0.3, -0.25) is 9.59 Å². The van der Waals surface area contributed by atoms with E-state index in [1.807, 2.05) is 0 Å². The maximum absolute atomic E-state index is 12.0. The predicted octanol–water partition coefficient (Wildman–Crippen LogP) is 2.45. The first-order chi connectivity index (χ1) is 12.0. The van der Waals surface area contributed by atoms with Crippen molar-refractivity contribution in [2.24, 2.45) is 5.10 Å². The fraction of sp³-hybridized carbons (Fsp3) is 0.118. The van der Waals surface area contributed by atoms with Crippen LogP contribution in [0.4, 0.5) is 5.69 Å². The normalized spacial score (nSPS) is 10.4. The van der Waals surface area contributed by atoms with Crippen LogP contribution in [0.2, 0.25) is 5.02 Å². The van der Waals surface area contributed by atoms with Crippen LogP contribution < -0.4 is 20.2 Å². The number of nitrogens with zero attached hydrogens (tertiary/aromatic N) is 1. The highest BCUT2D eigenvalue weighted by molar-refractivity contribution is 6.39. The molecule has 7 nitrogen and oxygen atoms in total. The van der Waals surface area contributed by atoms with Gasteiger partial charge < -0.3 is 14.8 Å². The molecule has 0 heterocycles. The van der Waals surface area contributed by atoms with Gasteiger partial charge in [0.25, 0.3) is 0 Å². The van der Waals surface area contributed by atoms with Crippen molar-refractivity contribution in [2.45, 2.75) is 0 Å². The number of halogens is 1. The number of carbonyl (C=O) groups excluding carboxylic acids is 2. The third-order valence-electron chi connectivity index (χ3n) is 3.14. The molecule has 2 aromatic rings. The van der Waals surface area contributed by atoms with Gasteiger partial charge in [-0.2, -0.15) is 5.10 Å². The number of benzene rings is 2. The average Bonchev–Trinajstić information content (AvgIpc) is 2.63. The van der Waals surface area contributed by atoms with Crippen LogP contribution in [0, 0.1) is 0 Å². The number of hydrogen-bond donors (Lipinski definition) is 2. The molecule has 2 amide bonds. The van der Waals surface area contributed by atoms with Gasteiger partial charge in [0.05, 0.1) is 26.1 Å². The molecular weight excluding hydrogens is 346 g/mol. The second kappa shape index (κ2) is 8.70. The summed E-state index contributed by atoms with van der Waals surface area (Å²) in [5.41, 5.74) is 3.05. The Kier molecular flexibility index (Phi) is 6.36. The lowest BCUT2D eigenvalue weighted by atomic mass is 10.2. The average molecular weight is 362 g/mol. The number of carbonyl (C=O) groups is 2. The summed E-state index contributed by atoms with van der Waals surface area (Å²) in [5.74, 6) is -0.939. The van der Waals surface area contributed by atoms with E-state index in [9.17, 15) is 9.59 Å². The molecule has 0 atom stereocenters. The monoisotopic (exact) mass is 361 g/mol. The molecule has 2 aromatic carbocycles. The first-order valence-corrected chi connectivity index (χ1v) is 7.54. The fourth-order valence-electron chi connectivity index (χ4n) is 1.88. The zero-order valence-electron chi connectivity index (χ0n) is 13.6. The first kappa shape index (κ1) is 18.3. The molecule has 0 fully saturated rings. The largest absolute Gasteiger partial charge is 0.497 e. The molecule has 0 saturated carbocycles. The van der Waals surface area contributed by atoms with Crippen molar-refractivity contribution in [1.82, 2.24) is 5.43 Å². The summed E-state index contributed by atoms with van der Waals surface area (Å²) in [4.78, 5) is 23.8. The molecule has 2 N–H and O–H groups in total. The minimum atomic E-state index is -0.937. The molecule has 8 heteroatoms. The summed E-state index contributed by atoms with van der Waals surface area (Å²) >= 11 is 5.96. The lowest BCUT2D eigenvalue weighted by molar-refractivity contribution is -0.136. The molecule has 0 spiro atoms. The topological polar surface area (TPSA) is 89.0 Å². The summed E-state index contributed by atoms with van der Waals surface area (Å²) < 4.78 is 10.2. The van der Waals surface area contributed by atoms with Crippen molar-refractivity contribution < 1.29 is 19.1 Å². The second-order valence-corrected chi connectivity index (χ2v) is 5.15. The van der Waals surface area contributed by atoms with Crippen molar-refractivity contribution in [2.75, 3.05) is 19.5 Å². The second-order valence-electron chi connectivity index (χ2n) is 4.74. The Hall–Kier alpha value is -3.06. The van der Waals surface area contributed by atoms with Crippen molar-refractivity contribution in [3.05, 3.63) is 53.1 Å². The van der Waals surface area contributed by atoms with Crippen LogP contribution in [0.15, 0.2) is 47.6 Å². The first-order valence-electron chi connectivity index (χ1n) is 7.16. The Labute approximate surface area is 149 Å².